The molecule has 0 spiro atoms. The quantitative estimate of drug-likeness (QED) is 0.645. The van der Waals surface area contributed by atoms with Gasteiger partial charge in [-0.2, -0.15) is 0 Å². The van der Waals surface area contributed by atoms with Crippen LogP contribution in [0.25, 0.3) is 0 Å². The first-order valence-corrected chi connectivity index (χ1v) is 4.91. The molecule has 0 aliphatic carbocycles. The highest BCUT2D eigenvalue weighted by molar-refractivity contribution is 5.41. The van der Waals surface area contributed by atoms with Crippen LogP contribution in [0.2, 0.25) is 0 Å². The normalized spacial score (nSPS) is 30.5. The van der Waals surface area contributed by atoms with E-state index in [1.165, 1.54) is 12.0 Å². The van der Waals surface area contributed by atoms with E-state index in [0.29, 0.717) is 12.0 Å². The van der Waals surface area contributed by atoms with Gasteiger partial charge in [0.2, 0.25) is 0 Å². The lowest BCUT2D eigenvalue weighted by atomic mass is 9.90. The summed E-state index contributed by atoms with van der Waals surface area (Å²) in [7, 11) is 0. The molecule has 0 radical (unpaired) electrons. The van der Waals surface area contributed by atoms with E-state index in [1.54, 1.807) is 0 Å². The van der Waals surface area contributed by atoms with E-state index in [0.717, 1.165) is 18.8 Å². The Hall–Kier alpha value is -1.02. The maximum absolute atomic E-state index is 5.85. The standard InChI is InChI=1S/C11H13NO/c1-2-4-10-8(3-1)9-5-6-12-7-11(9)13-10/h1-4,9,11-12H,5-7H2/t9-,11-/m0/s1. The second kappa shape index (κ2) is 2.74. The van der Waals surface area contributed by atoms with Gasteiger partial charge in [0.05, 0.1) is 0 Å². The summed E-state index contributed by atoms with van der Waals surface area (Å²) in [5.74, 6) is 1.73. The summed E-state index contributed by atoms with van der Waals surface area (Å²) in [5.41, 5.74) is 1.41. The van der Waals surface area contributed by atoms with E-state index in [4.69, 9.17) is 4.74 Å². The molecule has 2 aliphatic rings. The Bertz CT molecular complexity index is 324. The van der Waals surface area contributed by atoms with E-state index < -0.39 is 0 Å². The Morgan fingerprint density at radius 1 is 1.31 bits per heavy atom. The number of rotatable bonds is 0. The molecular formula is C11H13NO. The molecule has 0 bridgehead atoms. The molecule has 1 fully saturated rings. The summed E-state index contributed by atoms with van der Waals surface area (Å²) < 4.78 is 5.85. The van der Waals surface area contributed by atoms with Gasteiger partial charge >= 0.3 is 0 Å². The first-order chi connectivity index (χ1) is 6.45. The molecule has 3 rings (SSSR count). The lowest BCUT2D eigenvalue weighted by Crippen LogP contribution is -2.39. The maximum atomic E-state index is 5.85. The number of fused-ring (bicyclic) bond motifs is 3. The van der Waals surface area contributed by atoms with Gasteiger partial charge in [-0.25, -0.2) is 0 Å². The molecule has 1 saturated heterocycles. The largest absolute Gasteiger partial charge is 0.488 e. The fourth-order valence-corrected chi connectivity index (χ4v) is 2.37. The highest BCUT2D eigenvalue weighted by Gasteiger charge is 2.35. The lowest BCUT2D eigenvalue weighted by molar-refractivity contribution is 0.177. The maximum Gasteiger partial charge on any atom is 0.123 e. The molecule has 0 aromatic heterocycles. The summed E-state index contributed by atoms with van der Waals surface area (Å²) in [5, 5.41) is 3.37. The van der Waals surface area contributed by atoms with Crippen LogP contribution in [0.4, 0.5) is 0 Å². The van der Waals surface area contributed by atoms with Gasteiger partial charge in [-0.1, -0.05) is 18.2 Å². The molecule has 13 heavy (non-hydrogen) atoms. The molecule has 2 atom stereocenters. The van der Waals surface area contributed by atoms with Crippen LogP contribution in [0.15, 0.2) is 24.3 Å². The number of benzene rings is 1. The molecule has 2 heterocycles. The molecular weight excluding hydrogens is 162 g/mol. The number of ether oxygens (including phenoxy) is 1. The Labute approximate surface area is 77.9 Å². The first kappa shape index (κ1) is 7.39. The van der Waals surface area contributed by atoms with Gasteiger partial charge < -0.3 is 10.1 Å². The zero-order chi connectivity index (χ0) is 8.67. The van der Waals surface area contributed by atoms with Crippen LogP contribution < -0.4 is 10.1 Å². The minimum absolute atomic E-state index is 0.381. The Kier molecular flexibility index (Phi) is 1.56. The van der Waals surface area contributed by atoms with Crippen molar-refractivity contribution >= 4 is 0 Å². The molecule has 2 heteroatoms. The second-order valence-electron chi connectivity index (χ2n) is 3.79. The van der Waals surface area contributed by atoms with E-state index >= 15 is 0 Å². The van der Waals surface area contributed by atoms with Crippen molar-refractivity contribution in [1.29, 1.82) is 0 Å². The third-order valence-electron chi connectivity index (χ3n) is 3.02. The van der Waals surface area contributed by atoms with E-state index in [2.05, 4.69) is 23.5 Å². The van der Waals surface area contributed by atoms with Crippen LogP contribution >= 0.6 is 0 Å². The third-order valence-corrected chi connectivity index (χ3v) is 3.02. The number of para-hydroxylation sites is 1. The molecule has 0 saturated carbocycles. The summed E-state index contributed by atoms with van der Waals surface area (Å²) in [6.45, 7) is 2.12. The monoisotopic (exact) mass is 175 g/mol. The van der Waals surface area contributed by atoms with Gasteiger partial charge in [0.25, 0.3) is 0 Å². The Morgan fingerprint density at radius 3 is 3.23 bits per heavy atom. The molecule has 68 valence electrons. The van der Waals surface area contributed by atoms with E-state index in [-0.39, 0.29) is 0 Å². The van der Waals surface area contributed by atoms with Crippen molar-refractivity contribution in [3.05, 3.63) is 29.8 Å². The fraction of sp³-hybridized carbons (Fsp3) is 0.455. The number of nitrogens with one attached hydrogen (secondary N) is 1. The average Bonchev–Trinajstić information content (AvgIpc) is 2.56. The third kappa shape index (κ3) is 1.05. The minimum Gasteiger partial charge on any atom is -0.488 e. The van der Waals surface area contributed by atoms with Gasteiger partial charge in [-0.15, -0.1) is 0 Å². The van der Waals surface area contributed by atoms with Crippen LogP contribution in [0.5, 0.6) is 5.75 Å². The van der Waals surface area contributed by atoms with Gasteiger partial charge in [0.1, 0.15) is 11.9 Å². The van der Waals surface area contributed by atoms with Crippen LogP contribution in [0.3, 0.4) is 0 Å². The van der Waals surface area contributed by atoms with Crippen LogP contribution in [0.1, 0.15) is 17.9 Å². The van der Waals surface area contributed by atoms with E-state index in [1.807, 2.05) is 6.07 Å². The molecule has 2 aliphatic heterocycles. The Morgan fingerprint density at radius 2 is 2.23 bits per heavy atom. The van der Waals surface area contributed by atoms with Crippen molar-refractivity contribution in [2.45, 2.75) is 18.4 Å². The van der Waals surface area contributed by atoms with Crippen molar-refractivity contribution in [2.75, 3.05) is 13.1 Å². The van der Waals surface area contributed by atoms with Crippen molar-refractivity contribution in [3.8, 4) is 5.75 Å². The summed E-state index contributed by atoms with van der Waals surface area (Å²) in [6.07, 6.45) is 1.59. The molecule has 0 unspecified atom stereocenters. The number of piperidine rings is 1. The summed E-state index contributed by atoms with van der Waals surface area (Å²) >= 11 is 0. The van der Waals surface area contributed by atoms with Crippen LogP contribution in [0, 0.1) is 0 Å². The number of hydrogen-bond acceptors (Lipinski definition) is 2. The van der Waals surface area contributed by atoms with Gasteiger partial charge in [-0.05, 0) is 19.0 Å². The van der Waals surface area contributed by atoms with Gasteiger partial charge in [-0.3, -0.25) is 0 Å². The van der Waals surface area contributed by atoms with Crippen molar-refractivity contribution < 1.29 is 4.74 Å². The topological polar surface area (TPSA) is 21.3 Å². The van der Waals surface area contributed by atoms with Gasteiger partial charge in [0, 0.05) is 18.0 Å². The van der Waals surface area contributed by atoms with Crippen molar-refractivity contribution in [3.63, 3.8) is 0 Å². The molecule has 1 N–H and O–H groups in total. The van der Waals surface area contributed by atoms with E-state index in [9.17, 15) is 0 Å². The SMILES string of the molecule is c1ccc2c(c1)O[C@H]1CNCC[C@@H]21. The highest BCUT2D eigenvalue weighted by atomic mass is 16.5. The first-order valence-electron chi connectivity index (χ1n) is 4.91. The van der Waals surface area contributed by atoms with Crippen molar-refractivity contribution in [1.82, 2.24) is 5.32 Å². The van der Waals surface area contributed by atoms with Gasteiger partial charge in [0.15, 0.2) is 0 Å². The predicted molar refractivity (Wildman–Crippen MR) is 51.1 cm³/mol. The predicted octanol–water partition coefficient (Wildman–Crippen LogP) is 1.52. The number of hydrogen-bond donors (Lipinski definition) is 1. The highest BCUT2D eigenvalue weighted by Crippen LogP contribution is 2.40. The smallest absolute Gasteiger partial charge is 0.123 e. The molecule has 1 aromatic carbocycles. The lowest BCUT2D eigenvalue weighted by Gasteiger charge is -2.24. The van der Waals surface area contributed by atoms with Crippen LogP contribution in [-0.4, -0.2) is 19.2 Å². The fourth-order valence-electron chi connectivity index (χ4n) is 2.37. The average molecular weight is 175 g/mol. The summed E-state index contributed by atoms with van der Waals surface area (Å²) in [6, 6.07) is 8.43. The zero-order valence-electron chi connectivity index (χ0n) is 7.49. The second-order valence-corrected chi connectivity index (χ2v) is 3.79. The zero-order valence-corrected chi connectivity index (χ0v) is 7.49. The molecule has 2 nitrogen and oxygen atoms in total. The summed E-state index contributed by atoms with van der Waals surface area (Å²) in [4.78, 5) is 0. The molecule has 0 amide bonds. The Balaban J connectivity index is 2.01. The minimum atomic E-state index is 0.381. The molecule has 1 aromatic rings. The van der Waals surface area contributed by atoms with Crippen molar-refractivity contribution in [2.24, 2.45) is 0 Å². The van der Waals surface area contributed by atoms with Crippen LogP contribution in [-0.2, 0) is 0 Å².